The van der Waals surface area contributed by atoms with E-state index in [1.165, 1.54) is 6.08 Å². The van der Waals surface area contributed by atoms with Crippen molar-refractivity contribution in [3.05, 3.63) is 89.3 Å². The smallest absolute Gasteiger partial charge is 0.227 e. The number of hydrogen-bond donors (Lipinski definition) is 2. The number of aromatic nitrogens is 2. The first kappa shape index (κ1) is 20.7. The van der Waals surface area contributed by atoms with Crippen molar-refractivity contribution in [2.24, 2.45) is 0 Å². The number of anilines is 2. The van der Waals surface area contributed by atoms with Gasteiger partial charge >= 0.3 is 0 Å². The molecular formula is C24H22N6. The van der Waals surface area contributed by atoms with E-state index in [2.05, 4.69) is 35.5 Å². The molecule has 1 heterocycles. The van der Waals surface area contributed by atoms with Gasteiger partial charge in [0, 0.05) is 24.0 Å². The molecule has 0 aliphatic carbocycles. The van der Waals surface area contributed by atoms with Crippen LogP contribution >= 0.6 is 0 Å². The minimum Gasteiger partial charge on any atom is -0.324 e. The highest BCUT2D eigenvalue weighted by atomic mass is 15.1. The van der Waals surface area contributed by atoms with E-state index < -0.39 is 0 Å². The second kappa shape index (κ2) is 9.97. The van der Waals surface area contributed by atoms with E-state index in [0.717, 1.165) is 22.5 Å². The molecule has 6 nitrogen and oxygen atoms in total. The van der Waals surface area contributed by atoms with Crippen LogP contribution in [0.4, 0.5) is 11.6 Å². The molecule has 0 saturated heterocycles. The van der Waals surface area contributed by atoms with Gasteiger partial charge in [0.15, 0.2) is 0 Å². The van der Waals surface area contributed by atoms with Gasteiger partial charge in [-0.25, -0.2) is 9.97 Å². The van der Waals surface area contributed by atoms with Crippen LogP contribution in [0.25, 0.3) is 6.08 Å². The molecule has 2 aromatic carbocycles. The fourth-order valence-corrected chi connectivity index (χ4v) is 2.97. The van der Waals surface area contributed by atoms with Crippen LogP contribution in [0.3, 0.4) is 0 Å². The molecule has 0 fully saturated rings. The highest BCUT2D eigenvalue weighted by molar-refractivity contribution is 5.55. The third-order valence-electron chi connectivity index (χ3n) is 4.36. The molecule has 0 aliphatic rings. The van der Waals surface area contributed by atoms with Gasteiger partial charge < -0.3 is 10.6 Å². The second-order valence-electron chi connectivity index (χ2n) is 7.00. The molecule has 1 unspecified atom stereocenters. The number of nitrogens with zero attached hydrogens (tertiary/aromatic N) is 4. The number of rotatable bonds is 7. The Balaban J connectivity index is 1.87. The Labute approximate surface area is 176 Å². The van der Waals surface area contributed by atoms with E-state index in [1.807, 2.05) is 48.5 Å². The average molecular weight is 394 g/mol. The molecule has 1 aromatic heterocycles. The maximum Gasteiger partial charge on any atom is 0.227 e. The molecule has 3 aromatic rings. The zero-order valence-corrected chi connectivity index (χ0v) is 16.9. The lowest BCUT2D eigenvalue weighted by atomic mass is 10.0. The van der Waals surface area contributed by atoms with Crippen LogP contribution in [0.1, 0.15) is 42.3 Å². The molecule has 3 rings (SSSR count). The van der Waals surface area contributed by atoms with Crippen molar-refractivity contribution in [1.82, 2.24) is 15.3 Å². The summed E-state index contributed by atoms with van der Waals surface area (Å²) in [5.41, 5.74) is 4.29. The summed E-state index contributed by atoms with van der Waals surface area (Å²) in [5.74, 6) is 0.487. The lowest BCUT2D eigenvalue weighted by Gasteiger charge is -2.22. The second-order valence-corrected chi connectivity index (χ2v) is 7.00. The minimum absolute atomic E-state index is 0.108. The summed E-state index contributed by atoms with van der Waals surface area (Å²) in [7, 11) is 0. The predicted molar refractivity (Wildman–Crippen MR) is 118 cm³/mol. The van der Waals surface area contributed by atoms with Gasteiger partial charge in [-0.3, -0.25) is 0 Å². The zero-order chi connectivity index (χ0) is 21.3. The van der Waals surface area contributed by atoms with E-state index >= 15 is 0 Å². The first-order valence-corrected chi connectivity index (χ1v) is 9.61. The molecule has 0 saturated carbocycles. The first-order chi connectivity index (χ1) is 14.6. The predicted octanol–water partition coefficient (Wildman–Crippen LogP) is 4.72. The summed E-state index contributed by atoms with van der Waals surface area (Å²) in [4.78, 5) is 9.03. The Morgan fingerprint density at radius 3 is 2.33 bits per heavy atom. The number of nitriles is 2. The molecule has 1 atom stereocenters. The Morgan fingerprint density at radius 1 is 0.967 bits per heavy atom. The average Bonchev–Trinajstić information content (AvgIpc) is 2.77. The molecule has 148 valence electrons. The standard InChI is InChI=1S/C24H22N6/c1-17(2)28-23(20-9-5-18(6-10-20)4-3-14-25)22-13-15-27-24(30-22)29-21-11-7-19(16-26)8-12-21/h3-13,15,17,23,28H,1-2H3,(H,27,29,30)/b4-3+. The van der Waals surface area contributed by atoms with Crippen molar-refractivity contribution >= 4 is 17.7 Å². The van der Waals surface area contributed by atoms with Crippen molar-refractivity contribution in [2.45, 2.75) is 25.9 Å². The van der Waals surface area contributed by atoms with Gasteiger partial charge in [-0.2, -0.15) is 10.5 Å². The summed E-state index contributed by atoms with van der Waals surface area (Å²) in [5, 5.41) is 24.4. The van der Waals surface area contributed by atoms with Gasteiger partial charge in [-0.15, -0.1) is 0 Å². The molecule has 0 radical (unpaired) electrons. The maximum absolute atomic E-state index is 8.94. The van der Waals surface area contributed by atoms with Crippen LogP contribution in [0.2, 0.25) is 0 Å². The molecule has 2 N–H and O–H groups in total. The van der Waals surface area contributed by atoms with E-state index in [-0.39, 0.29) is 12.1 Å². The summed E-state index contributed by atoms with van der Waals surface area (Å²) >= 11 is 0. The van der Waals surface area contributed by atoms with Crippen LogP contribution in [0, 0.1) is 22.7 Å². The number of nitrogens with one attached hydrogen (secondary N) is 2. The molecule has 30 heavy (non-hydrogen) atoms. The molecule has 0 amide bonds. The molecule has 6 heteroatoms. The Kier molecular flexibility index (Phi) is 6.89. The third-order valence-corrected chi connectivity index (χ3v) is 4.36. The van der Waals surface area contributed by atoms with Gasteiger partial charge in [0.1, 0.15) is 0 Å². The van der Waals surface area contributed by atoms with Crippen LogP contribution < -0.4 is 10.6 Å². The molecular weight excluding hydrogens is 372 g/mol. The van der Waals surface area contributed by atoms with E-state index in [9.17, 15) is 0 Å². The Hall–Kier alpha value is -4.00. The van der Waals surface area contributed by atoms with Crippen LogP contribution in [-0.4, -0.2) is 16.0 Å². The van der Waals surface area contributed by atoms with Gasteiger partial charge in [0.25, 0.3) is 0 Å². The first-order valence-electron chi connectivity index (χ1n) is 9.61. The van der Waals surface area contributed by atoms with Gasteiger partial charge in [-0.1, -0.05) is 24.3 Å². The van der Waals surface area contributed by atoms with Crippen molar-refractivity contribution in [3.63, 3.8) is 0 Å². The molecule has 0 bridgehead atoms. The van der Waals surface area contributed by atoms with E-state index in [1.54, 1.807) is 24.4 Å². The fraction of sp³-hybridized carbons (Fsp3) is 0.167. The van der Waals surface area contributed by atoms with Crippen LogP contribution in [0.5, 0.6) is 0 Å². The third kappa shape index (κ3) is 5.51. The van der Waals surface area contributed by atoms with Crippen LogP contribution in [0.15, 0.2) is 66.9 Å². The van der Waals surface area contributed by atoms with Gasteiger partial charge in [-0.05, 0) is 61.4 Å². The largest absolute Gasteiger partial charge is 0.324 e. The number of allylic oxidation sites excluding steroid dienone is 1. The normalized spacial score (nSPS) is 11.8. The SMILES string of the molecule is CC(C)NC(c1ccc(/C=C/C#N)cc1)c1ccnc(Nc2ccc(C#N)cc2)n1. The quantitative estimate of drug-likeness (QED) is 0.563. The van der Waals surface area contributed by atoms with Crippen molar-refractivity contribution < 1.29 is 0 Å². The topological polar surface area (TPSA) is 97.4 Å². The van der Waals surface area contributed by atoms with Crippen molar-refractivity contribution in [3.8, 4) is 12.1 Å². The van der Waals surface area contributed by atoms with E-state index in [0.29, 0.717) is 11.5 Å². The van der Waals surface area contributed by atoms with Gasteiger partial charge in [0.05, 0.1) is 29.4 Å². The summed E-state index contributed by atoms with van der Waals surface area (Å²) in [6, 6.07) is 21.3. The van der Waals surface area contributed by atoms with E-state index in [4.69, 9.17) is 15.5 Å². The Bertz CT molecular complexity index is 1090. The highest BCUT2D eigenvalue weighted by Gasteiger charge is 2.17. The van der Waals surface area contributed by atoms with Crippen molar-refractivity contribution in [1.29, 1.82) is 10.5 Å². The maximum atomic E-state index is 8.94. The summed E-state index contributed by atoms with van der Waals surface area (Å²) in [6.07, 6.45) is 4.97. The van der Waals surface area contributed by atoms with Crippen LogP contribution in [-0.2, 0) is 0 Å². The zero-order valence-electron chi connectivity index (χ0n) is 16.9. The minimum atomic E-state index is -0.108. The summed E-state index contributed by atoms with van der Waals surface area (Å²) < 4.78 is 0. The summed E-state index contributed by atoms with van der Waals surface area (Å²) in [6.45, 7) is 4.18. The fourth-order valence-electron chi connectivity index (χ4n) is 2.97. The monoisotopic (exact) mass is 394 g/mol. The number of benzene rings is 2. The molecule has 0 aliphatic heterocycles. The molecule has 0 spiro atoms. The van der Waals surface area contributed by atoms with Crippen molar-refractivity contribution in [2.75, 3.05) is 5.32 Å². The lowest BCUT2D eigenvalue weighted by molar-refractivity contribution is 0.520. The van der Waals surface area contributed by atoms with Gasteiger partial charge in [0.2, 0.25) is 5.95 Å². The highest BCUT2D eigenvalue weighted by Crippen LogP contribution is 2.23. The Morgan fingerprint density at radius 2 is 1.70 bits per heavy atom. The lowest BCUT2D eigenvalue weighted by Crippen LogP contribution is -2.29. The number of hydrogen-bond acceptors (Lipinski definition) is 6.